The monoisotopic (exact) mass is 489 g/mol. The van der Waals surface area contributed by atoms with Gasteiger partial charge in [0.15, 0.2) is 16.6 Å². The SMILES string of the molecule is O=C(Nc1nc(-c2ccc3c(c2)OCO3)cs1)C1CCCN(S(=O)(=O)c2ccc(F)cc2)C1. The van der Waals surface area contributed by atoms with Crippen LogP contribution < -0.4 is 14.8 Å². The fourth-order valence-electron chi connectivity index (χ4n) is 3.86. The molecule has 5 rings (SSSR count). The summed E-state index contributed by atoms with van der Waals surface area (Å²) in [7, 11) is -3.80. The Morgan fingerprint density at radius 3 is 2.76 bits per heavy atom. The summed E-state index contributed by atoms with van der Waals surface area (Å²) >= 11 is 1.29. The molecule has 1 saturated heterocycles. The summed E-state index contributed by atoms with van der Waals surface area (Å²) in [5.74, 6) is 0.0385. The summed E-state index contributed by atoms with van der Waals surface area (Å²) in [4.78, 5) is 17.4. The summed E-state index contributed by atoms with van der Waals surface area (Å²) in [6, 6.07) is 10.2. The van der Waals surface area contributed by atoms with E-state index in [1.54, 1.807) is 0 Å². The van der Waals surface area contributed by atoms with Crippen LogP contribution in [0.15, 0.2) is 52.7 Å². The lowest BCUT2D eigenvalue weighted by molar-refractivity contribution is -0.120. The fraction of sp³-hybridized carbons (Fsp3) is 0.273. The van der Waals surface area contributed by atoms with Crippen molar-refractivity contribution in [2.24, 2.45) is 5.92 Å². The first-order valence-electron chi connectivity index (χ1n) is 10.3. The number of hydrogen-bond donors (Lipinski definition) is 1. The number of amides is 1. The second kappa shape index (κ2) is 8.73. The normalized spacial score (nSPS) is 18.3. The van der Waals surface area contributed by atoms with E-state index in [4.69, 9.17) is 9.47 Å². The van der Waals surface area contributed by atoms with Crippen LogP contribution in [-0.4, -0.2) is 43.5 Å². The number of rotatable bonds is 5. The van der Waals surface area contributed by atoms with Crippen molar-refractivity contribution < 1.29 is 27.1 Å². The smallest absolute Gasteiger partial charge is 0.243 e. The molecule has 2 aromatic carbocycles. The number of nitrogens with one attached hydrogen (secondary N) is 1. The number of hydrogen-bond acceptors (Lipinski definition) is 7. The largest absolute Gasteiger partial charge is 0.454 e. The van der Waals surface area contributed by atoms with Crippen LogP contribution in [-0.2, 0) is 14.8 Å². The lowest BCUT2D eigenvalue weighted by Crippen LogP contribution is -2.43. The third-order valence-electron chi connectivity index (χ3n) is 5.61. The van der Waals surface area contributed by atoms with E-state index in [0.29, 0.717) is 41.7 Å². The molecule has 3 aromatic rings. The van der Waals surface area contributed by atoms with Gasteiger partial charge in [0.05, 0.1) is 16.5 Å². The zero-order chi connectivity index (χ0) is 23.0. The van der Waals surface area contributed by atoms with Gasteiger partial charge in [0.25, 0.3) is 0 Å². The van der Waals surface area contributed by atoms with Gasteiger partial charge in [-0.15, -0.1) is 11.3 Å². The number of anilines is 1. The number of fused-ring (bicyclic) bond motifs is 1. The van der Waals surface area contributed by atoms with Gasteiger partial charge in [0.2, 0.25) is 22.7 Å². The van der Waals surface area contributed by atoms with Crippen molar-refractivity contribution in [3.8, 4) is 22.8 Å². The number of carbonyl (C=O) groups excluding carboxylic acids is 1. The molecule has 11 heteroatoms. The standard InChI is InChI=1S/C22H20FN3O5S2/c23-16-4-6-17(7-5-16)33(28,29)26-9-1-2-15(11-26)21(27)25-22-24-18(12-32-22)14-3-8-19-20(10-14)31-13-30-19/h3-8,10,12,15H,1-2,9,11,13H2,(H,24,25,27). The van der Waals surface area contributed by atoms with Crippen molar-refractivity contribution in [2.45, 2.75) is 17.7 Å². The molecule has 0 saturated carbocycles. The maximum absolute atomic E-state index is 13.2. The number of nitrogens with zero attached hydrogens (tertiary/aromatic N) is 2. The molecule has 0 spiro atoms. The second-order valence-corrected chi connectivity index (χ2v) is 10.5. The molecule has 0 bridgehead atoms. The Bertz CT molecular complexity index is 1290. The summed E-state index contributed by atoms with van der Waals surface area (Å²) in [6.07, 6.45) is 1.13. The number of carbonyl (C=O) groups is 1. The van der Waals surface area contributed by atoms with E-state index in [2.05, 4.69) is 10.3 Å². The molecule has 2 aliphatic rings. The van der Waals surface area contributed by atoms with Crippen molar-refractivity contribution in [3.05, 3.63) is 53.7 Å². The maximum Gasteiger partial charge on any atom is 0.243 e. The van der Waals surface area contributed by atoms with Crippen LogP contribution in [0.4, 0.5) is 9.52 Å². The molecule has 2 aliphatic heterocycles. The van der Waals surface area contributed by atoms with Crippen LogP contribution in [0.3, 0.4) is 0 Å². The van der Waals surface area contributed by atoms with Gasteiger partial charge < -0.3 is 14.8 Å². The Kier molecular flexibility index (Phi) is 5.77. The number of thiazole rings is 1. The third-order valence-corrected chi connectivity index (χ3v) is 8.25. The first kappa shape index (κ1) is 21.8. The van der Waals surface area contributed by atoms with E-state index in [1.165, 1.54) is 27.8 Å². The Hall–Kier alpha value is -3.02. The first-order chi connectivity index (χ1) is 15.9. The number of sulfonamides is 1. The van der Waals surface area contributed by atoms with E-state index in [1.807, 2.05) is 23.6 Å². The van der Waals surface area contributed by atoms with Gasteiger partial charge in [-0.05, 0) is 55.3 Å². The molecule has 33 heavy (non-hydrogen) atoms. The second-order valence-electron chi connectivity index (χ2n) is 7.75. The van der Waals surface area contributed by atoms with Gasteiger partial charge in [-0.25, -0.2) is 17.8 Å². The average molecular weight is 490 g/mol. The highest BCUT2D eigenvalue weighted by atomic mass is 32.2. The van der Waals surface area contributed by atoms with Crippen LogP contribution in [0.5, 0.6) is 11.5 Å². The molecule has 1 amide bonds. The molecule has 0 radical (unpaired) electrons. The van der Waals surface area contributed by atoms with Crippen molar-refractivity contribution >= 4 is 32.4 Å². The Morgan fingerprint density at radius 2 is 1.94 bits per heavy atom. The van der Waals surface area contributed by atoms with E-state index < -0.39 is 21.8 Å². The number of piperidine rings is 1. The van der Waals surface area contributed by atoms with Gasteiger partial charge in [0, 0.05) is 24.0 Å². The summed E-state index contributed by atoms with van der Waals surface area (Å²) in [5, 5.41) is 5.08. The quantitative estimate of drug-likeness (QED) is 0.587. The molecule has 3 heterocycles. The van der Waals surface area contributed by atoms with Crippen LogP contribution in [0.25, 0.3) is 11.3 Å². The third kappa shape index (κ3) is 4.43. The predicted octanol–water partition coefficient (Wildman–Crippen LogP) is 3.72. The number of ether oxygens (including phenoxy) is 2. The minimum Gasteiger partial charge on any atom is -0.454 e. The minimum absolute atomic E-state index is 0.0123. The first-order valence-corrected chi connectivity index (χ1v) is 12.6. The predicted molar refractivity (Wildman–Crippen MR) is 120 cm³/mol. The summed E-state index contributed by atoms with van der Waals surface area (Å²) in [6.45, 7) is 0.563. The molecule has 0 aliphatic carbocycles. The highest BCUT2D eigenvalue weighted by Gasteiger charge is 2.33. The molecule has 1 atom stereocenters. The molecular formula is C22H20FN3O5S2. The zero-order valence-corrected chi connectivity index (χ0v) is 19.0. The zero-order valence-electron chi connectivity index (χ0n) is 17.4. The van der Waals surface area contributed by atoms with Crippen molar-refractivity contribution in [1.82, 2.24) is 9.29 Å². The Labute approximate surface area is 194 Å². The van der Waals surface area contributed by atoms with Gasteiger partial charge in [-0.1, -0.05) is 0 Å². The lowest BCUT2D eigenvalue weighted by atomic mass is 9.99. The summed E-state index contributed by atoms with van der Waals surface area (Å²) in [5.41, 5.74) is 1.53. The number of aromatic nitrogens is 1. The lowest BCUT2D eigenvalue weighted by Gasteiger charge is -2.31. The highest BCUT2D eigenvalue weighted by molar-refractivity contribution is 7.89. The minimum atomic E-state index is -3.80. The molecular weight excluding hydrogens is 469 g/mol. The van der Waals surface area contributed by atoms with Gasteiger partial charge in [0.1, 0.15) is 5.82 Å². The Balaban J connectivity index is 1.26. The van der Waals surface area contributed by atoms with E-state index in [-0.39, 0.29) is 24.1 Å². The van der Waals surface area contributed by atoms with E-state index in [9.17, 15) is 17.6 Å². The fourth-order valence-corrected chi connectivity index (χ4v) is 6.10. The Morgan fingerprint density at radius 1 is 1.15 bits per heavy atom. The topological polar surface area (TPSA) is 97.8 Å². The average Bonchev–Trinajstić information content (AvgIpc) is 3.48. The van der Waals surface area contributed by atoms with Crippen LogP contribution in [0.2, 0.25) is 0 Å². The molecule has 1 N–H and O–H groups in total. The number of halogens is 1. The van der Waals surface area contributed by atoms with Gasteiger partial charge in [-0.2, -0.15) is 4.31 Å². The molecule has 8 nitrogen and oxygen atoms in total. The molecule has 172 valence electrons. The molecule has 1 unspecified atom stereocenters. The van der Waals surface area contributed by atoms with E-state index >= 15 is 0 Å². The highest BCUT2D eigenvalue weighted by Crippen LogP contribution is 2.36. The van der Waals surface area contributed by atoms with Crippen LogP contribution in [0.1, 0.15) is 12.8 Å². The van der Waals surface area contributed by atoms with E-state index in [0.717, 1.165) is 17.7 Å². The number of benzene rings is 2. The van der Waals surface area contributed by atoms with Crippen LogP contribution >= 0.6 is 11.3 Å². The molecule has 1 fully saturated rings. The van der Waals surface area contributed by atoms with Crippen LogP contribution in [0, 0.1) is 11.7 Å². The van der Waals surface area contributed by atoms with Crippen molar-refractivity contribution in [1.29, 1.82) is 0 Å². The summed E-state index contributed by atoms with van der Waals surface area (Å²) < 4.78 is 51.0. The maximum atomic E-state index is 13.2. The van der Waals surface area contributed by atoms with Crippen molar-refractivity contribution in [2.75, 3.05) is 25.2 Å². The van der Waals surface area contributed by atoms with Crippen molar-refractivity contribution in [3.63, 3.8) is 0 Å². The molecule has 1 aromatic heterocycles. The van der Waals surface area contributed by atoms with Gasteiger partial charge in [-0.3, -0.25) is 4.79 Å². The van der Waals surface area contributed by atoms with Gasteiger partial charge >= 0.3 is 0 Å².